The fraction of sp³-hybridized carbons (Fsp3) is 1.00. The van der Waals surface area contributed by atoms with Crippen LogP contribution in [0.1, 0.15) is 47.0 Å². The van der Waals surface area contributed by atoms with Gasteiger partial charge in [-0.2, -0.15) is 0 Å². The molecule has 14 heavy (non-hydrogen) atoms. The average molecular weight is 226 g/mol. The molecule has 1 saturated heterocycles. The van der Waals surface area contributed by atoms with Crippen LogP contribution in [0.3, 0.4) is 0 Å². The van der Waals surface area contributed by atoms with E-state index in [-0.39, 0.29) is 62.5 Å². The van der Waals surface area contributed by atoms with Crippen molar-refractivity contribution in [1.82, 2.24) is 5.32 Å². The van der Waals surface area contributed by atoms with Crippen LogP contribution in [0, 0.1) is 0 Å². The number of nitrogens with one attached hydrogen (secondary N) is 1. The Balaban J connectivity index is -0.000000125. The zero-order chi connectivity index (χ0) is 7.83. The molecule has 0 aromatic heterocycles. The van der Waals surface area contributed by atoms with Gasteiger partial charge in [-0.05, 0) is 47.0 Å². The van der Waals surface area contributed by atoms with Crippen molar-refractivity contribution in [3.8, 4) is 0 Å². The Kier molecular flexibility index (Phi) is 15.7. The zero-order valence-electron chi connectivity index (χ0n) is 10.4. The van der Waals surface area contributed by atoms with Gasteiger partial charge in [0, 0.05) is 11.1 Å². The number of piperidine rings is 1. The average Bonchev–Trinajstić information content (AvgIpc) is 1.56. The molecule has 1 aliphatic heterocycles. The van der Waals surface area contributed by atoms with Crippen molar-refractivity contribution in [2.45, 2.75) is 58.0 Å². The van der Waals surface area contributed by atoms with E-state index in [0.717, 1.165) is 0 Å². The molecule has 0 aromatic carbocycles. The first-order valence-corrected chi connectivity index (χ1v) is 4.21. The third-order valence-corrected chi connectivity index (χ3v) is 2.28. The monoisotopic (exact) mass is 225 g/mol. The second-order valence-corrected chi connectivity index (χ2v) is 4.75. The van der Waals surface area contributed by atoms with Gasteiger partial charge < -0.3 is 30.1 Å². The standard InChI is InChI=1S/C9H19N.2ClH.2Li/c1-8(2)6-5-7-9(3,4)10-8;;;;/h10H,5-7H2,1-4H3;2*1H;;/q;;;2*+1/p-2. The zero-order valence-corrected chi connectivity index (χ0v) is 11.9. The van der Waals surface area contributed by atoms with Crippen LogP contribution < -0.4 is 67.9 Å². The Morgan fingerprint density at radius 1 is 0.786 bits per heavy atom. The maximum atomic E-state index is 3.63. The van der Waals surface area contributed by atoms with Crippen LogP contribution in [0.25, 0.3) is 0 Å². The summed E-state index contributed by atoms with van der Waals surface area (Å²) in [6.07, 6.45) is 4.00. The molecule has 0 aliphatic carbocycles. The molecule has 0 spiro atoms. The molecule has 0 amide bonds. The molecule has 1 fully saturated rings. The van der Waals surface area contributed by atoms with Gasteiger partial charge >= 0.3 is 37.7 Å². The summed E-state index contributed by atoms with van der Waals surface area (Å²) in [5, 5.41) is 3.63. The van der Waals surface area contributed by atoms with Crippen molar-refractivity contribution in [1.29, 1.82) is 0 Å². The minimum Gasteiger partial charge on any atom is -1.00 e. The Labute approximate surface area is 125 Å². The Bertz CT molecular complexity index is 127. The molecule has 1 nitrogen and oxygen atoms in total. The number of hydrogen-bond donors (Lipinski definition) is 1. The summed E-state index contributed by atoms with van der Waals surface area (Å²) < 4.78 is 0. The van der Waals surface area contributed by atoms with E-state index in [4.69, 9.17) is 0 Å². The van der Waals surface area contributed by atoms with Gasteiger partial charge in [0.1, 0.15) is 0 Å². The van der Waals surface area contributed by atoms with Gasteiger partial charge in [0.05, 0.1) is 0 Å². The van der Waals surface area contributed by atoms with Crippen molar-refractivity contribution >= 4 is 0 Å². The van der Waals surface area contributed by atoms with Gasteiger partial charge in [-0.3, -0.25) is 0 Å². The number of rotatable bonds is 0. The first-order valence-electron chi connectivity index (χ1n) is 4.21. The molecule has 0 radical (unpaired) electrons. The summed E-state index contributed by atoms with van der Waals surface area (Å²) in [6, 6.07) is 0. The molecule has 1 N–H and O–H groups in total. The molecule has 0 bridgehead atoms. The van der Waals surface area contributed by atoms with Gasteiger partial charge in [-0.25, -0.2) is 0 Å². The minimum absolute atomic E-state index is 0. The first kappa shape index (κ1) is 24.8. The van der Waals surface area contributed by atoms with Crippen LogP contribution in [-0.2, 0) is 0 Å². The van der Waals surface area contributed by atoms with E-state index in [9.17, 15) is 0 Å². The quantitative estimate of drug-likeness (QED) is 0.404. The van der Waals surface area contributed by atoms with E-state index in [2.05, 4.69) is 33.0 Å². The molecule has 76 valence electrons. The SMILES string of the molecule is CC1(C)CCCC(C)(C)N1.[Cl-].[Cl-].[Li+].[Li+]. The second kappa shape index (κ2) is 8.84. The van der Waals surface area contributed by atoms with Crippen LogP contribution in [0.2, 0.25) is 0 Å². The molecule has 5 heteroatoms. The van der Waals surface area contributed by atoms with E-state index in [1.165, 1.54) is 19.3 Å². The maximum absolute atomic E-state index is 3.63. The number of halogens is 2. The van der Waals surface area contributed by atoms with Crippen molar-refractivity contribution < 1.29 is 62.5 Å². The summed E-state index contributed by atoms with van der Waals surface area (Å²) in [6.45, 7) is 9.14. The second-order valence-electron chi connectivity index (χ2n) is 4.75. The van der Waals surface area contributed by atoms with Crippen LogP contribution in [0.4, 0.5) is 0 Å². The molecule has 0 unspecified atom stereocenters. The fourth-order valence-corrected chi connectivity index (χ4v) is 2.01. The normalized spacial score (nSPS) is 21.4. The minimum atomic E-state index is 0. The van der Waals surface area contributed by atoms with E-state index >= 15 is 0 Å². The van der Waals surface area contributed by atoms with Crippen LogP contribution >= 0.6 is 0 Å². The molecular formula is C9H19Cl2Li2N. The van der Waals surface area contributed by atoms with E-state index in [0.29, 0.717) is 11.1 Å². The largest absolute Gasteiger partial charge is 1.00 e. The topological polar surface area (TPSA) is 12.0 Å². The van der Waals surface area contributed by atoms with E-state index < -0.39 is 0 Å². The third kappa shape index (κ3) is 9.00. The summed E-state index contributed by atoms with van der Waals surface area (Å²) in [5.41, 5.74) is 0.726. The summed E-state index contributed by atoms with van der Waals surface area (Å²) in [7, 11) is 0. The van der Waals surface area contributed by atoms with Crippen molar-refractivity contribution in [2.24, 2.45) is 0 Å². The van der Waals surface area contributed by atoms with Gasteiger partial charge in [-0.15, -0.1) is 0 Å². The smallest absolute Gasteiger partial charge is 1.00 e. The van der Waals surface area contributed by atoms with Crippen molar-refractivity contribution in [2.75, 3.05) is 0 Å². The van der Waals surface area contributed by atoms with Crippen molar-refractivity contribution in [3.63, 3.8) is 0 Å². The van der Waals surface area contributed by atoms with Gasteiger partial charge in [0.2, 0.25) is 0 Å². The number of hydrogen-bond acceptors (Lipinski definition) is 1. The predicted molar refractivity (Wildman–Crippen MR) is 45.1 cm³/mol. The van der Waals surface area contributed by atoms with Crippen LogP contribution in [0.5, 0.6) is 0 Å². The van der Waals surface area contributed by atoms with Gasteiger partial charge in [0.25, 0.3) is 0 Å². The van der Waals surface area contributed by atoms with E-state index in [1.807, 2.05) is 0 Å². The molecule has 1 rings (SSSR count). The summed E-state index contributed by atoms with van der Waals surface area (Å²) in [5.74, 6) is 0. The summed E-state index contributed by atoms with van der Waals surface area (Å²) in [4.78, 5) is 0. The molecule has 0 saturated carbocycles. The Morgan fingerprint density at radius 2 is 1.07 bits per heavy atom. The first-order chi connectivity index (χ1) is 4.41. The fourth-order valence-electron chi connectivity index (χ4n) is 2.01. The van der Waals surface area contributed by atoms with Gasteiger partial charge in [0.15, 0.2) is 0 Å². The third-order valence-electron chi connectivity index (χ3n) is 2.28. The molecule has 0 aromatic rings. The Morgan fingerprint density at radius 3 is 1.21 bits per heavy atom. The molecular weight excluding hydrogens is 207 g/mol. The van der Waals surface area contributed by atoms with E-state index in [1.54, 1.807) is 0 Å². The predicted octanol–water partition coefficient (Wildman–Crippen LogP) is -9.67. The Hall–Kier alpha value is 1.73. The van der Waals surface area contributed by atoms with Crippen LogP contribution in [-0.4, -0.2) is 11.1 Å². The van der Waals surface area contributed by atoms with Gasteiger partial charge in [-0.1, -0.05) is 0 Å². The van der Waals surface area contributed by atoms with Crippen LogP contribution in [0.15, 0.2) is 0 Å². The molecule has 1 heterocycles. The molecule has 1 aliphatic rings. The summed E-state index contributed by atoms with van der Waals surface area (Å²) >= 11 is 0. The maximum Gasteiger partial charge on any atom is 1.00 e. The van der Waals surface area contributed by atoms with Crippen molar-refractivity contribution in [3.05, 3.63) is 0 Å². The molecule has 0 atom stereocenters.